The molecule has 0 fully saturated rings. The molecule has 0 aromatic heterocycles. The molecular formula is C16H15N4+. The molecular weight excluding hydrogens is 248 g/mol. The first kappa shape index (κ1) is 12.5. The van der Waals surface area contributed by atoms with E-state index in [0.29, 0.717) is 11.4 Å². The van der Waals surface area contributed by atoms with E-state index in [0.717, 1.165) is 0 Å². The van der Waals surface area contributed by atoms with Gasteiger partial charge in [-0.15, -0.1) is 0 Å². The van der Waals surface area contributed by atoms with Crippen LogP contribution in [-0.2, 0) is 0 Å². The Hall–Kier alpha value is -2.54. The fraction of sp³-hybridized carbons (Fsp3) is 0.250. The second kappa shape index (κ2) is 4.86. The van der Waals surface area contributed by atoms with Gasteiger partial charge >= 0.3 is 5.70 Å². The van der Waals surface area contributed by atoms with Crippen LogP contribution in [0.1, 0.15) is 18.4 Å². The molecule has 3 rings (SSSR count). The van der Waals surface area contributed by atoms with E-state index in [1.54, 1.807) is 0 Å². The number of hydrogen-bond donors (Lipinski definition) is 1. The summed E-state index contributed by atoms with van der Waals surface area (Å²) in [7, 11) is 0. The molecule has 0 amide bonds. The van der Waals surface area contributed by atoms with Gasteiger partial charge in [0.1, 0.15) is 5.92 Å². The van der Waals surface area contributed by atoms with Crippen molar-refractivity contribution >= 4 is 0 Å². The lowest BCUT2D eigenvalue weighted by Crippen LogP contribution is -2.08. The smallest absolute Gasteiger partial charge is 0.204 e. The minimum absolute atomic E-state index is 0.0274. The fourth-order valence-corrected chi connectivity index (χ4v) is 3.06. The predicted octanol–water partition coefficient (Wildman–Crippen LogP) is 4.63. The van der Waals surface area contributed by atoms with Crippen LogP contribution < -0.4 is 0 Å². The van der Waals surface area contributed by atoms with Crippen molar-refractivity contribution in [3.05, 3.63) is 76.1 Å². The number of nitrogens with zero attached hydrogens (tertiary/aromatic N) is 3. The van der Waals surface area contributed by atoms with Gasteiger partial charge in [0.15, 0.2) is 10.7 Å². The van der Waals surface area contributed by atoms with Crippen LogP contribution in [0.5, 0.6) is 0 Å². The number of rotatable bonds is 2. The molecule has 20 heavy (non-hydrogen) atoms. The Morgan fingerprint density at radius 2 is 1.95 bits per heavy atom. The van der Waals surface area contributed by atoms with Gasteiger partial charge in [-0.05, 0) is 11.1 Å². The third-order valence-corrected chi connectivity index (χ3v) is 4.12. The Morgan fingerprint density at radius 1 is 1.20 bits per heavy atom. The van der Waals surface area contributed by atoms with Gasteiger partial charge in [0.2, 0.25) is 5.39 Å². The van der Waals surface area contributed by atoms with Crippen molar-refractivity contribution in [2.75, 3.05) is 0 Å². The molecule has 4 heteroatoms. The zero-order chi connectivity index (χ0) is 14.1. The van der Waals surface area contributed by atoms with Gasteiger partial charge < -0.3 is 0 Å². The summed E-state index contributed by atoms with van der Waals surface area (Å²) in [5.41, 5.74) is 10.7. The highest BCUT2D eigenvalue weighted by atomic mass is 15.0. The van der Waals surface area contributed by atoms with Gasteiger partial charge in [0.25, 0.3) is 0 Å². The number of nitrogens with one attached hydrogen (secondary N) is 1. The highest BCUT2D eigenvalue weighted by molar-refractivity contribution is 5.49. The standard InChI is InChI=1S/C16H15N4/c1-10-14-9-12(11-5-3-2-4-6-11)7-8-13(14)16(20-18)15(10)19-17/h2-10,12-13,17H,1H3/q+1. The molecule has 1 aromatic rings. The summed E-state index contributed by atoms with van der Waals surface area (Å²) in [6, 6.07) is 10.3. The van der Waals surface area contributed by atoms with Crippen molar-refractivity contribution in [2.45, 2.75) is 12.8 Å². The number of allylic oxidation sites excluding steroid dienone is 4. The van der Waals surface area contributed by atoms with Gasteiger partial charge in [-0.3, -0.25) is 0 Å². The summed E-state index contributed by atoms with van der Waals surface area (Å²) in [6.45, 7) is 2.01. The second-order valence-electron chi connectivity index (χ2n) is 5.17. The van der Waals surface area contributed by atoms with Crippen molar-refractivity contribution in [2.24, 2.45) is 17.0 Å². The molecule has 0 aliphatic heterocycles. The summed E-state index contributed by atoms with van der Waals surface area (Å²) < 4.78 is 0. The van der Waals surface area contributed by atoms with E-state index in [9.17, 15) is 0 Å². The molecule has 2 aliphatic rings. The Kier molecular flexibility index (Phi) is 3.03. The van der Waals surface area contributed by atoms with Crippen LogP contribution in [-0.4, -0.2) is 0 Å². The SMILES string of the molecule is CC1C2=CC(c3ccccc3)C=CC2C([N+]#N)=C1N=N. The molecule has 3 atom stereocenters. The van der Waals surface area contributed by atoms with Crippen molar-refractivity contribution in [1.29, 1.82) is 10.9 Å². The summed E-state index contributed by atoms with van der Waals surface area (Å²) in [6.07, 6.45) is 6.37. The predicted molar refractivity (Wildman–Crippen MR) is 76.3 cm³/mol. The lowest BCUT2D eigenvalue weighted by molar-refractivity contribution is 0.738. The van der Waals surface area contributed by atoms with Crippen molar-refractivity contribution in [1.82, 2.24) is 0 Å². The maximum absolute atomic E-state index is 9.17. The van der Waals surface area contributed by atoms with E-state index < -0.39 is 0 Å². The number of fused-ring (bicyclic) bond motifs is 1. The molecule has 3 unspecified atom stereocenters. The van der Waals surface area contributed by atoms with E-state index in [-0.39, 0.29) is 17.8 Å². The lowest BCUT2D eigenvalue weighted by Gasteiger charge is -2.19. The summed E-state index contributed by atoms with van der Waals surface area (Å²) in [5, 5.41) is 12.7. The zero-order valence-electron chi connectivity index (χ0n) is 11.2. The average molecular weight is 263 g/mol. The largest absolute Gasteiger partial charge is 0.395 e. The highest BCUT2D eigenvalue weighted by Gasteiger charge is 2.45. The Labute approximate surface area is 117 Å². The Morgan fingerprint density at radius 3 is 2.60 bits per heavy atom. The molecule has 4 nitrogen and oxygen atoms in total. The Bertz CT molecular complexity index is 676. The minimum atomic E-state index is -0.0425. The number of hydrogen-bond acceptors (Lipinski definition) is 3. The number of diazo groups is 1. The summed E-state index contributed by atoms with van der Waals surface area (Å²) >= 11 is 0. The normalized spacial score (nSPS) is 27.8. The van der Waals surface area contributed by atoms with Crippen molar-refractivity contribution < 1.29 is 0 Å². The van der Waals surface area contributed by atoms with Crippen LogP contribution in [0.25, 0.3) is 4.98 Å². The summed E-state index contributed by atoms with van der Waals surface area (Å²) in [5.74, 6) is 0.216. The average Bonchev–Trinajstić information content (AvgIpc) is 2.79. The highest BCUT2D eigenvalue weighted by Crippen LogP contribution is 2.46. The van der Waals surface area contributed by atoms with Crippen LogP contribution >= 0.6 is 0 Å². The van der Waals surface area contributed by atoms with Crippen LogP contribution in [0.2, 0.25) is 0 Å². The molecule has 1 N–H and O–H groups in total. The van der Waals surface area contributed by atoms with Gasteiger partial charge in [-0.2, -0.15) is 5.11 Å². The second-order valence-corrected chi connectivity index (χ2v) is 5.17. The molecule has 0 bridgehead atoms. The van der Waals surface area contributed by atoms with Gasteiger partial charge in [0.05, 0.1) is 0 Å². The van der Waals surface area contributed by atoms with Crippen LogP contribution in [0, 0.1) is 22.8 Å². The Balaban J connectivity index is 2.00. The minimum Gasteiger partial charge on any atom is -0.204 e. The number of benzene rings is 1. The third-order valence-electron chi connectivity index (χ3n) is 4.12. The molecule has 1 aromatic carbocycles. The van der Waals surface area contributed by atoms with Gasteiger partial charge in [-0.25, -0.2) is 5.53 Å². The molecule has 0 radical (unpaired) electrons. The third kappa shape index (κ3) is 1.79. The van der Waals surface area contributed by atoms with Crippen molar-refractivity contribution in [3.8, 4) is 0 Å². The first-order valence-electron chi connectivity index (χ1n) is 6.67. The van der Waals surface area contributed by atoms with Crippen LogP contribution in [0.4, 0.5) is 0 Å². The van der Waals surface area contributed by atoms with E-state index in [4.69, 9.17) is 10.9 Å². The fourth-order valence-electron chi connectivity index (χ4n) is 3.06. The van der Waals surface area contributed by atoms with E-state index in [1.165, 1.54) is 11.1 Å². The lowest BCUT2D eigenvalue weighted by atomic mass is 9.83. The van der Waals surface area contributed by atoms with Gasteiger partial charge in [0, 0.05) is 11.8 Å². The maximum atomic E-state index is 9.17. The zero-order valence-corrected chi connectivity index (χ0v) is 11.2. The van der Waals surface area contributed by atoms with E-state index in [2.05, 4.69) is 40.5 Å². The monoisotopic (exact) mass is 263 g/mol. The summed E-state index contributed by atoms with van der Waals surface area (Å²) in [4.78, 5) is 3.35. The van der Waals surface area contributed by atoms with Crippen LogP contribution in [0.15, 0.2) is 70.6 Å². The molecule has 0 spiro atoms. The molecule has 0 saturated heterocycles. The molecule has 0 heterocycles. The van der Waals surface area contributed by atoms with Crippen molar-refractivity contribution in [3.63, 3.8) is 0 Å². The van der Waals surface area contributed by atoms with Gasteiger partial charge in [-0.1, -0.05) is 55.5 Å². The molecule has 98 valence electrons. The first-order valence-corrected chi connectivity index (χ1v) is 6.67. The van der Waals surface area contributed by atoms with E-state index >= 15 is 0 Å². The molecule has 2 aliphatic carbocycles. The molecule has 0 saturated carbocycles. The van der Waals surface area contributed by atoms with Crippen LogP contribution in [0.3, 0.4) is 0 Å². The van der Waals surface area contributed by atoms with E-state index in [1.807, 2.05) is 25.1 Å². The topological polar surface area (TPSA) is 64.4 Å². The first-order chi connectivity index (χ1) is 9.76. The maximum Gasteiger partial charge on any atom is 0.395 e. The quantitative estimate of drug-likeness (QED) is 0.472.